The molecule has 1 aromatic carbocycles. The zero-order valence-electron chi connectivity index (χ0n) is 18.2. The number of carbonyl (C=O) groups excluding carboxylic acids is 2. The van der Waals surface area contributed by atoms with Gasteiger partial charge in [0.15, 0.2) is 0 Å². The average molecular weight is 418 g/mol. The number of benzene rings is 1. The highest BCUT2D eigenvalue weighted by Gasteiger charge is 2.46. The van der Waals surface area contributed by atoms with E-state index < -0.39 is 5.41 Å². The zero-order valence-corrected chi connectivity index (χ0v) is 18.2. The van der Waals surface area contributed by atoms with E-state index in [1.165, 1.54) is 0 Å². The van der Waals surface area contributed by atoms with Gasteiger partial charge >= 0.3 is 0 Å². The molecule has 1 aliphatic carbocycles. The molecule has 2 fully saturated rings. The van der Waals surface area contributed by atoms with E-state index in [0.717, 1.165) is 23.1 Å². The summed E-state index contributed by atoms with van der Waals surface area (Å²) < 4.78 is 0. The molecule has 4 rings (SSSR count). The zero-order chi connectivity index (χ0) is 21.8. The highest BCUT2D eigenvalue weighted by Crippen LogP contribution is 2.42. The predicted octanol–water partition coefficient (Wildman–Crippen LogP) is 3.86. The van der Waals surface area contributed by atoms with Gasteiger partial charge in [0, 0.05) is 37.9 Å². The molecule has 162 valence electrons. The van der Waals surface area contributed by atoms with Crippen molar-refractivity contribution < 1.29 is 9.59 Å². The van der Waals surface area contributed by atoms with Gasteiger partial charge in [-0.25, -0.2) is 0 Å². The van der Waals surface area contributed by atoms with Crippen molar-refractivity contribution in [2.45, 2.75) is 32.6 Å². The second-order valence-electron chi connectivity index (χ2n) is 9.04. The Bertz CT molecular complexity index is 948. The van der Waals surface area contributed by atoms with E-state index in [1.54, 1.807) is 12.3 Å². The number of carbonyl (C=O) groups is 2. The highest BCUT2D eigenvalue weighted by molar-refractivity contribution is 5.85. The first kappa shape index (κ1) is 21.3. The molecule has 2 aliphatic rings. The minimum Gasteiger partial charge on any atom is -0.352 e. The Morgan fingerprint density at radius 3 is 2.61 bits per heavy atom. The van der Waals surface area contributed by atoms with Gasteiger partial charge < -0.3 is 10.2 Å². The normalized spacial score (nSPS) is 21.9. The van der Waals surface area contributed by atoms with Crippen molar-refractivity contribution in [3.05, 3.63) is 67.0 Å². The minimum absolute atomic E-state index is 0.0612. The van der Waals surface area contributed by atoms with Crippen molar-refractivity contribution in [3.8, 4) is 11.1 Å². The Balaban J connectivity index is 1.53. The standard InChI is InChI=1S/C26H31N3O2/c1-3-11-28-25(31)26(9-13-29(14-10-26)24(30)23-15-19(23)2)17-20-6-4-7-21(16-20)22-8-5-12-27-18-22/h3-8,12,16,18-19,23H,1,9-11,13-15,17H2,2H3,(H,28,31)/t19-,23+/m0/s1. The van der Waals surface area contributed by atoms with E-state index in [0.29, 0.717) is 44.8 Å². The van der Waals surface area contributed by atoms with Crippen molar-refractivity contribution in [1.82, 2.24) is 15.2 Å². The Labute approximate surface area is 184 Å². The van der Waals surface area contributed by atoms with Crippen LogP contribution in [0.25, 0.3) is 11.1 Å². The quantitative estimate of drug-likeness (QED) is 0.696. The summed E-state index contributed by atoms with van der Waals surface area (Å²) in [4.78, 5) is 32.1. The van der Waals surface area contributed by atoms with E-state index in [-0.39, 0.29) is 17.7 Å². The summed E-state index contributed by atoms with van der Waals surface area (Å²) in [6, 6.07) is 12.3. The van der Waals surface area contributed by atoms with E-state index in [4.69, 9.17) is 0 Å². The van der Waals surface area contributed by atoms with Gasteiger partial charge in [0.1, 0.15) is 0 Å². The molecular formula is C26H31N3O2. The van der Waals surface area contributed by atoms with Crippen LogP contribution in [-0.4, -0.2) is 41.3 Å². The van der Waals surface area contributed by atoms with E-state index in [2.05, 4.69) is 42.0 Å². The van der Waals surface area contributed by atoms with Gasteiger partial charge in [-0.15, -0.1) is 6.58 Å². The Morgan fingerprint density at radius 1 is 1.23 bits per heavy atom. The van der Waals surface area contributed by atoms with Crippen LogP contribution < -0.4 is 5.32 Å². The van der Waals surface area contributed by atoms with Crippen LogP contribution in [0, 0.1) is 17.3 Å². The molecule has 31 heavy (non-hydrogen) atoms. The van der Waals surface area contributed by atoms with Crippen molar-refractivity contribution in [2.24, 2.45) is 17.3 Å². The summed E-state index contributed by atoms with van der Waals surface area (Å²) in [6.07, 6.45) is 8.35. The van der Waals surface area contributed by atoms with Crippen molar-refractivity contribution in [3.63, 3.8) is 0 Å². The summed E-state index contributed by atoms with van der Waals surface area (Å²) in [6.45, 7) is 7.60. The molecule has 2 aromatic rings. The lowest BCUT2D eigenvalue weighted by atomic mass is 9.72. The van der Waals surface area contributed by atoms with Crippen LogP contribution in [0.5, 0.6) is 0 Å². The summed E-state index contributed by atoms with van der Waals surface area (Å²) in [5.74, 6) is 1.03. The third kappa shape index (κ3) is 4.71. The number of likely N-dealkylation sites (tertiary alicyclic amines) is 1. The lowest BCUT2D eigenvalue weighted by Gasteiger charge is -2.41. The van der Waals surface area contributed by atoms with Gasteiger partial charge in [-0.2, -0.15) is 0 Å². The van der Waals surface area contributed by atoms with Gasteiger partial charge in [0.05, 0.1) is 5.41 Å². The maximum Gasteiger partial charge on any atom is 0.226 e. The number of pyridine rings is 1. The molecule has 0 bridgehead atoms. The smallest absolute Gasteiger partial charge is 0.226 e. The van der Waals surface area contributed by atoms with Crippen LogP contribution in [0.4, 0.5) is 0 Å². The number of nitrogens with zero attached hydrogens (tertiary/aromatic N) is 2. The molecule has 5 nitrogen and oxygen atoms in total. The minimum atomic E-state index is -0.511. The number of hydrogen-bond acceptors (Lipinski definition) is 3. The van der Waals surface area contributed by atoms with Crippen LogP contribution in [0.3, 0.4) is 0 Å². The Morgan fingerprint density at radius 2 is 1.97 bits per heavy atom. The Kier molecular flexibility index (Phi) is 6.21. The monoisotopic (exact) mass is 417 g/mol. The summed E-state index contributed by atoms with van der Waals surface area (Å²) in [5, 5.41) is 3.03. The maximum absolute atomic E-state index is 13.2. The van der Waals surface area contributed by atoms with Crippen LogP contribution in [-0.2, 0) is 16.0 Å². The molecule has 1 N–H and O–H groups in total. The SMILES string of the molecule is C=CCNC(=O)C1(Cc2cccc(-c3cccnc3)c2)CCN(C(=O)[C@@H]2C[C@@H]2C)CC1. The number of piperidine rings is 1. The molecule has 1 saturated carbocycles. The molecule has 2 atom stereocenters. The number of aromatic nitrogens is 1. The van der Waals surface area contributed by atoms with Gasteiger partial charge in [-0.05, 0) is 54.4 Å². The molecule has 2 heterocycles. The molecule has 0 radical (unpaired) electrons. The first-order valence-electron chi connectivity index (χ1n) is 11.2. The topological polar surface area (TPSA) is 62.3 Å². The molecule has 0 unspecified atom stereocenters. The summed E-state index contributed by atoms with van der Waals surface area (Å²) >= 11 is 0. The van der Waals surface area contributed by atoms with Crippen LogP contribution in [0.2, 0.25) is 0 Å². The molecule has 5 heteroatoms. The predicted molar refractivity (Wildman–Crippen MR) is 122 cm³/mol. The molecular weight excluding hydrogens is 386 g/mol. The second kappa shape index (κ2) is 9.04. The number of hydrogen-bond donors (Lipinski definition) is 1. The fraction of sp³-hybridized carbons (Fsp3) is 0.423. The first-order valence-corrected chi connectivity index (χ1v) is 11.2. The molecule has 1 aromatic heterocycles. The van der Waals surface area contributed by atoms with Crippen LogP contribution >= 0.6 is 0 Å². The van der Waals surface area contributed by atoms with Crippen LogP contribution in [0.15, 0.2) is 61.4 Å². The van der Waals surface area contributed by atoms with Crippen molar-refractivity contribution >= 4 is 11.8 Å². The largest absolute Gasteiger partial charge is 0.352 e. The van der Waals surface area contributed by atoms with Crippen LogP contribution in [0.1, 0.15) is 31.7 Å². The van der Waals surface area contributed by atoms with Gasteiger partial charge in [-0.1, -0.05) is 43.3 Å². The first-order chi connectivity index (χ1) is 15.0. The van der Waals surface area contributed by atoms with E-state index >= 15 is 0 Å². The molecule has 1 aliphatic heterocycles. The lowest BCUT2D eigenvalue weighted by molar-refractivity contribution is -0.141. The molecule has 1 saturated heterocycles. The van der Waals surface area contributed by atoms with Crippen molar-refractivity contribution in [2.75, 3.05) is 19.6 Å². The van der Waals surface area contributed by atoms with E-state index in [1.807, 2.05) is 29.3 Å². The molecule has 2 amide bonds. The number of amides is 2. The summed E-state index contributed by atoms with van der Waals surface area (Å²) in [5.41, 5.74) is 2.78. The second-order valence-corrected chi connectivity index (χ2v) is 9.04. The number of nitrogens with one attached hydrogen (secondary N) is 1. The van der Waals surface area contributed by atoms with Gasteiger partial charge in [-0.3, -0.25) is 14.6 Å². The fourth-order valence-corrected chi connectivity index (χ4v) is 4.68. The average Bonchev–Trinajstić information content (AvgIpc) is 3.54. The lowest BCUT2D eigenvalue weighted by Crippen LogP contribution is -2.51. The third-order valence-corrected chi connectivity index (χ3v) is 6.81. The Hall–Kier alpha value is -2.95. The van der Waals surface area contributed by atoms with Crippen molar-refractivity contribution in [1.29, 1.82) is 0 Å². The third-order valence-electron chi connectivity index (χ3n) is 6.81. The fourth-order valence-electron chi connectivity index (χ4n) is 4.68. The van der Waals surface area contributed by atoms with E-state index in [9.17, 15) is 9.59 Å². The highest BCUT2D eigenvalue weighted by atomic mass is 16.2. The van der Waals surface area contributed by atoms with Gasteiger partial charge in [0.2, 0.25) is 11.8 Å². The molecule has 0 spiro atoms. The number of rotatable bonds is 7. The maximum atomic E-state index is 13.2. The van der Waals surface area contributed by atoms with Gasteiger partial charge in [0.25, 0.3) is 0 Å². The summed E-state index contributed by atoms with van der Waals surface area (Å²) in [7, 11) is 0.